The molecule has 0 bridgehead atoms. The van der Waals surface area contributed by atoms with Crippen LogP contribution < -0.4 is 0 Å². The summed E-state index contributed by atoms with van der Waals surface area (Å²) in [6.45, 7) is 0. The van der Waals surface area contributed by atoms with Crippen molar-refractivity contribution in [2.75, 3.05) is 0 Å². The third-order valence-corrected chi connectivity index (χ3v) is 12.1. The molecule has 0 unspecified atom stereocenters. The van der Waals surface area contributed by atoms with Gasteiger partial charge in [0.2, 0.25) is 0 Å². The number of benzene rings is 9. The first-order valence-corrected chi connectivity index (χ1v) is 19.5. The average molecular weight is 724 g/mol. The minimum Gasteiger partial charge on any atom is -0.208 e. The largest absolute Gasteiger partial charge is 0.208 e. The van der Waals surface area contributed by atoms with Crippen molar-refractivity contribution in [3.63, 3.8) is 0 Å². The number of rotatable bonds is 5. The molecule has 0 aliphatic heterocycles. The fraction of sp³-hybridized carbons (Fsp3) is 0.0185. The molecule has 2 aliphatic carbocycles. The van der Waals surface area contributed by atoms with E-state index in [1.165, 1.54) is 54.9 Å². The topological polar surface area (TPSA) is 38.7 Å². The molecule has 10 aromatic rings. The van der Waals surface area contributed by atoms with Crippen LogP contribution >= 0.6 is 0 Å². The molecule has 2 aliphatic rings. The highest BCUT2D eigenvalue weighted by molar-refractivity contribution is 6.17. The lowest BCUT2D eigenvalue weighted by molar-refractivity contribution is 0.797. The van der Waals surface area contributed by atoms with E-state index in [0.29, 0.717) is 17.5 Å². The van der Waals surface area contributed by atoms with Crippen molar-refractivity contribution in [2.24, 2.45) is 0 Å². The van der Waals surface area contributed by atoms with Gasteiger partial charge in [-0.25, -0.2) is 15.0 Å². The van der Waals surface area contributed by atoms with Gasteiger partial charge >= 0.3 is 0 Å². The molecule has 1 aromatic heterocycles. The van der Waals surface area contributed by atoms with Gasteiger partial charge in [-0.1, -0.05) is 182 Å². The summed E-state index contributed by atoms with van der Waals surface area (Å²) in [6, 6.07) is 72.1. The molecule has 0 atom stereocenters. The Balaban J connectivity index is 1.02. The van der Waals surface area contributed by atoms with Gasteiger partial charge in [0.1, 0.15) is 0 Å². The predicted molar refractivity (Wildman–Crippen MR) is 233 cm³/mol. The van der Waals surface area contributed by atoms with Gasteiger partial charge in [-0.2, -0.15) is 0 Å². The quantitative estimate of drug-likeness (QED) is 0.166. The number of hydrogen-bond donors (Lipinski definition) is 0. The molecule has 3 nitrogen and oxygen atoms in total. The van der Waals surface area contributed by atoms with Crippen molar-refractivity contribution in [3.8, 4) is 67.5 Å². The summed E-state index contributed by atoms with van der Waals surface area (Å²) in [5.74, 6) is 1.93. The Bertz CT molecular complexity index is 3180. The zero-order valence-corrected chi connectivity index (χ0v) is 30.9. The Kier molecular flexibility index (Phi) is 6.84. The average Bonchev–Trinajstić information content (AvgIpc) is 3.77. The lowest BCUT2D eigenvalue weighted by Crippen LogP contribution is -2.26. The Morgan fingerprint density at radius 3 is 1.33 bits per heavy atom. The first kappa shape index (κ1) is 31.8. The summed E-state index contributed by atoms with van der Waals surface area (Å²) in [4.78, 5) is 15.3. The molecule has 0 saturated heterocycles. The lowest BCUT2D eigenvalue weighted by atomic mass is 9.70. The summed E-state index contributed by atoms with van der Waals surface area (Å²) >= 11 is 0. The van der Waals surface area contributed by atoms with Crippen molar-refractivity contribution < 1.29 is 0 Å². The van der Waals surface area contributed by atoms with E-state index >= 15 is 0 Å². The van der Waals surface area contributed by atoms with Gasteiger partial charge < -0.3 is 0 Å². The van der Waals surface area contributed by atoms with Crippen LogP contribution in [-0.2, 0) is 5.41 Å². The van der Waals surface area contributed by atoms with Crippen molar-refractivity contribution in [2.45, 2.75) is 5.41 Å². The van der Waals surface area contributed by atoms with Crippen molar-refractivity contribution in [1.29, 1.82) is 0 Å². The molecule has 9 aromatic carbocycles. The lowest BCUT2D eigenvalue weighted by Gasteiger charge is -2.31. The maximum Gasteiger partial charge on any atom is 0.164 e. The van der Waals surface area contributed by atoms with Crippen LogP contribution in [0.15, 0.2) is 200 Å². The molecule has 0 saturated carbocycles. The van der Waals surface area contributed by atoms with Gasteiger partial charge in [0.05, 0.1) is 5.41 Å². The highest BCUT2D eigenvalue weighted by Crippen LogP contribution is 2.62. The molecule has 0 radical (unpaired) electrons. The molecular weight excluding hydrogens is 691 g/mol. The zero-order valence-electron chi connectivity index (χ0n) is 30.9. The summed E-state index contributed by atoms with van der Waals surface area (Å²) in [7, 11) is 0. The molecule has 0 fully saturated rings. The third kappa shape index (κ3) is 4.69. The SMILES string of the molecule is c1ccc(-c2cccc(-c3nc(-c4ccccc4)nc(-c4cccc(-c5ccc6c(c5)C5(c7ccccc7-6)c6cccc7ccc8cccc5c8c67)c4)n3)c2)cc1. The second-order valence-corrected chi connectivity index (χ2v) is 15.1. The van der Waals surface area contributed by atoms with E-state index in [2.05, 4.69) is 176 Å². The number of fused-ring (bicyclic) bond motifs is 7. The van der Waals surface area contributed by atoms with E-state index < -0.39 is 5.41 Å². The predicted octanol–water partition coefficient (Wildman–Crippen LogP) is 13.2. The maximum atomic E-state index is 5.16. The maximum absolute atomic E-state index is 5.16. The molecule has 0 N–H and O–H groups in total. The Morgan fingerprint density at radius 2 is 0.702 bits per heavy atom. The van der Waals surface area contributed by atoms with E-state index in [0.717, 1.165) is 38.9 Å². The van der Waals surface area contributed by atoms with E-state index in [-0.39, 0.29) is 0 Å². The van der Waals surface area contributed by atoms with Crippen LogP contribution in [0.3, 0.4) is 0 Å². The van der Waals surface area contributed by atoms with Crippen molar-refractivity contribution >= 4 is 21.5 Å². The van der Waals surface area contributed by atoms with Crippen LogP contribution in [0.2, 0.25) is 0 Å². The standard InChI is InChI=1S/C54H33N3/c1-3-13-34(14-4-1)38-19-9-21-41(31-38)52-55-51(37-15-5-2-6-16-37)56-53(57-52)42-22-10-20-39(32-42)40-29-30-44-43-23-7-8-24-45(43)54(48(44)33-40)46-25-11-17-35-27-28-36-18-12-26-47(54)50(36)49(35)46/h1-33H. The fourth-order valence-electron chi connectivity index (χ4n) is 9.62. The van der Waals surface area contributed by atoms with Crippen LogP contribution in [-0.4, -0.2) is 15.0 Å². The summed E-state index contributed by atoms with van der Waals surface area (Å²) in [6.07, 6.45) is 0. The van der Waals surface area contributed by atoms with Crippen molar-refractivity contribution in [1.82, 2.24) is 15.0 Å². The Hall–Kier alpha value is -7.49. The first-order chi connectivity index (χ1) is 28.2. The molecule has 1 spiro atoms. The highest BCUT2D eigenvalue weighted by atomic mass is 15.0. The second kappa shape index (κ2) is 12.3. The molecule has 57 heavy (non-hydrogen) atoms. The number of hydrogen-bond acceptors (Lipinski definition) is 3. The van der Waals surface area contributed by atoms with Gasteiger partial charge in [-0.05, 0) is 95.4 Å². The highest BCUT2D eigenvalue weighted by Gasteiger charge is 2.50. The fourth-order valence-corrected chi connectivity index (χ4v) is 9.62. The summed E-state index contributed by atoms with van der Waals surface area (Å²) in [5, 5.41) is 5.32. The van der Waals surface area contributed by atoms with Gasteiger partial charge in [-0.3, -0.25) is 0 Å². The first-order valence-electron chi connectivity index (χ1n) is 19.5. The van der Waals surface area contributed by atoms with Gasteiger partial charge in [0.15, 0.2) is 17.5 Å². The minimum atomic E-state index is -0.412. The molecule has 264 valence electrons. The van der Waals surface area contributed by atoms with Crippen LogP contribution in [0.4, 0.5) is 0 Å². The molecule has 0 amide bonds. The van der Waals surface area contributed by atoms with Crippen molar-refractivity contribution in [3.05, 3.63) is 222 Å². The molecular formula is C54H33N3. The van der Waals surface area contributed by atoms with E-state index in [1.54, 1.807) is 0 Å². The molecule has 3 heteroatoms. The Labute approximate surface area is 330 Å². The van der Waals surface area contributed by atoms with E-state index in [1.807, 2.05) is 24.3 Å². The zero-order chi connectivity index (χ0) is 37.5. The molecule has 1 heterocycles. The van der Waals surface area contributed by atoms with Crippen LogP contribution in [0.1, 0.15) is 22.3 Å². The third-order valence-electron chi connectivity index (χ3n) is 12.1. The smallest absolute Gasteiger partial charge is 0.164 e. The monoisotopic (exact) mass is 723 g/mol. The second-order valence-electron chi connectivity index (χ2n) is 15.1. The minimum absolute atomic E-state index is 0.412. The van der Waals surface area contributed by atoms with Crippen LogP contribution in [0.5, 0.6) is 0 Å². The van der Waals surface area contributed by atoms with E-state index in [9.17, 15) is 0 Å². The summed E-state index contributed by atoms with van der Waals surface area (Å²) < 4.78 is 0. The number of nitrogens with zero attached hydrogens (tertiary/aromatic N) is 3. The number of aromatic nitrogens is 3. The van der Waals surface area contributed by atoms with Crippen LogP contribution in [0.25, 0.3) is 89.1 Å². The summed E-state index contributed by atoms with van der Waals surface area (Å²) in [5.41, 5.74) is 15.0. The van der Waals surface area contributed by atoms with Gasteiger partial charge in [0, 0.05) is 16.7 Å². The normalized spacial score (nSPS) is 13.1. The van der Waals surface area contributed by atoms with Gasteiger partial charge in [0.25, 0.3) is 0 Å². The Morgan fingerprint density at radius 1 is 0.263 bits per heavy atom. The molecule has 12 rings (SSSR count). The van der Waals surface area contributed by atoms with E-state index in [4.69, 9.17) is 15.0 Å². The van der Waals surface area contributed by atoms with Gasteiger partial charge in [-0.15, -0.1) is 0 Å². The van der Waals surface area contributed by atoms with Crippen LogP contribution in [0, 0.1) is 0 Å².